The highest BCUT2D eigenvalue weighted by Crippen LogP contribution is 2.34. The van der Waals surface area contributed by atoms with Crippen molar-refractivity contribution >= 4 is 66.7 Å². The summed E-state index contributed by atoms with van der Waals surface area (Å²) in [4.78, 5) is 28.9. The quantitative estimate of drug-likeness (QED) is 0.272. The molecule has 0 saturated heterocycles. The maximum atomic E-state index is 14.0. The van der Waals surface area contributed by atoms with Gasteiger partial charge in [-0.25, -0.2) is 8.42 Å². The molecule has 0 aliphatic heterocycles. The van der Waals surface area contributed by atoms with Gasteiger partial charge in [0.2, 0.25) is 21.8 Å². The second-order valence-electron chi connectivity index (χ2n) is 8.99. The van der Waals surface area contributed by atoms with Crippen LogP contribution in [-0.4, -0.2) is 50.5 Å². The van der Waals surface area contributed by atoms with E-state index in [0.29, 0.717) is 6.54 Å². The number of carbonyl (C=O) groups is 2. The number of anilines is 1. The largest absolute Gasteiger partial charge is 0.354 e. The average Bonchev–Trinajstić information content (AvgIpc) is 2.90. The average molecular weight is 655 g/mol. The fourth-order valence-electron chi connectivity index (χ4n) is 3.99. The van der Waals surface area contributed by atoms with Crippen LogP contribution in [0, 0.1) is 0 Å². The summed E-state index contributed by atoms with van der Waals surface area (Å²) in [6.45, 7) is 1.90. The van der Waals surface area contributed by atoms with Gasteiger partial charge in [-0.3, -0.25) is 13.9 Å². The molecule has 208 valence electrons. The minimum absolute atomic E-state index is 0.0124. The molecule has 0 spiro atoms. The van der Waals surface area contributed by atoms with E-state index in [0.717, 1.165) is 32.6 Å². The summed E-state index contributed by atoms with van der Waals surface area (Å²) < 4.78 is 27.5. The second-order valence-corrected chi connectivity index (χ2v) is 12.6. The number of rotatable bonds is 12. The Hall–Kier alpha value is -2.59. The lowest BCUT2D eigenvalue weighted by molar-refractivity contribution is -0.140. The number of nitrogens with one attached hydrogen (secondary N) is 1. The van der Waals surface area contributed by atoms with E-state index >= 15 is 0 Å². The second kappa shape index (κ2) is 14.2. The Bertz CT molecular complexity index is 1390. The Morgan fingerprint density at radius 1 is 0.949 bits per heavy atom. The van der Waals surface area contributed by atoms with Gasteiger partial charge in [-0.2, -0.15) is 0 Å². The van der Waals surface area contributed by atoms with Crippen LogP contribution < -0.4 is 9.62 Å². The molecular weight excluding hydrogens is 625 g/mol. The van der Waals surface area contributed by atoms with Crippen LogP contribution in [0.4, 0.5) is 5.69 Å². The van der Waals surface area contributed by atoms with Crippen molar-refractivity contribution in [1.29, 1.82) is 0 Å². The molecule has 2 amide bonds. The van der Waals surface area contributed by atoms with Gasteiger partial charge in [0.1, 0.15) is 12.6 Å². The van der Waals surface area contributed by atoms with Crippen LogP contribution in [0.15, 0.2) is 77.3 Å². The van der Waals surface area contributed by atoms with E-state index in [-0.39, 0.29) is 34.6 Å². The van der Waals surface area contributed by atoms with Crippen molar-refractivity contribution < 1.29 is 18.0 Å². The summed E-state index contributed by atoms with van der Waals surface area (Å²) >= 11 is 15.9. The topological polar surface area (TPSA) is 86.8 Å². The summed E-state index contributed by atoms with van der Waals surface area (Å²) in [5, 5.41) is 3.07. The molecule has 0 heterocycles. The van der Waals surface area contributed by atoms with Gasteiger partial charge in [0.25, 0.3) is 0 Å². The van der Waals surface area contributed by atoms with E-state index in [1.54, 1.807) is 6.07 Å². The van der Waals surface area contributed by atoms with Crippen molar-refractivity contribution in [2.75, 3.05) is 23.7 Å². The van der Waals surface area contributed by atoms with Gasteiger partial charge in [0.15, 0.2) is 0 Å². The smallest absolute Gasteiger partial charge is 0.244 e. The third-order valence-corrected chi connectivity index (χ3v) is 8.43. The predicted molar refractivity (Wildman–Crippen MR) is 161 cm³/mol. The van der Waals surface area contributed by atoms with Crippen LogP contribution in [0.3, 0.4) is 0 Å². The third-order valence-electron chi connectivity index (χ3n) is 5.97. The molecular formula is C28H30BrCl2N3O4S. The summed E-state index contributed by atoms with van der Waals surface area (Å²) in [5.41, 5.74) is 1.72. The van der Waals surface area contributed by atoms with Crippen LogP contribution in [-0.2, 0) is 32.6 Å². The SMILES string of the molecule is CCCNC(=O)C(Cc1ccccc1)N(Cc1ccc(Br)cc1)C(=O)CN(c1cccc(Cl)c1Cl)S(C)(=O)=O. The lowest BCUT2D eigenvalue weighted by Crippen LogP contribution is -2.53. The first-order chi connectivity index (χ1) is 18.5. The molecule has 11 heteroatoms. The Morgan fingerprint density at radius 3 is 2.23 bits per heavy atom. The van der Waals surface area contributed by atoms with E-state index in [1.807, 2.05) is 61.5 Å². The van der Waals surface area contributed by atoms with Gasteiger partial charge in [-0.05, 0) is 41.8 Å². The van der Waals surface area contributed by atoms with E-state index in [9.17, 15) is 18.0 Å². The lowest BCUT2D eigenvalue weighted by atomic mass is 10.0. The zero-order valence-electron chi connectivity index (χ0n) is 21.6. The molecule has 1 atom stereocenters. The van der Waals surface area contributed by atoms with Crippen molar-refractivity contribution in [3.8, 4) is 0 Å². The molecule has 1 unspecified atom stereocenters. The van der Waals surface area contributed by atoms with E-state index < -0.39 is 28.5 Å². The Balaban J connectivity index is 2.06. The normalized spacial score (nSPS) is 12.0. The van der Waals surface area contributed by atoms with Crippen LogP contribution in [0.1, 0.15) is 24.5 Å². The summed E-state index contributed by atoms with van der Waals surface area (Å²) in [5.74, 6) is -0.884. The van der Waals surface area contributed by atoms with Gasteiger partial charge in [-0.1, -0.05) is 94.6 Å². The molecule has 1 N–H and O–H groups in total. The Labute approximate surface area is 248 Å². The molecule has 3 aromatic rings. The number of sulfonamides is 1. The van der Waals surface area contributed by atoms with Crippen LogP contribution in [0.5, 0.6) is 0 Å². The summed E-state index contributed by atoms with van der Waals surface area (Å²) in [6.07, 6.45) is 1.96. The molecule has 0 bridgehead atoms. The first-order valence-corrected chi connectivity index (χ1v) is 15.7. The highest BCUT2D eigenvalue weighted by molar-refractivity contribution is 9.10. The lowest BCUT2D eigenvalue weighted by Gasteiger charge is -2.33. The molecule has 0 saturated carbocycles. The number of benzene rings is 3. The maximum Gasteiger partial charge on any atom is 0.244 e. The van der Waals surface area contributed by atoms with E-state index in [2.05, 4.69) is 21.2 Å². The fraction of sp³-hybridized carbons (Fsp3) is 0.286. The molecule has 39 heavy (non-hydrogen) atoms. The first kappa shape index (κ1) is 30.9. The molecule has 0 radical (unpaired) electrons. The van der Waals surface area contributed by atoms with Crippen molar-refractivity contribution in [2.24, 2.45) is 0 Å². The summed E-state index contributed by atoms with van der Waals surface area (Å²) in [6, 6.07) is 20.4. The maximum absolute atomic E-state index is 14.0. The van der Waals surface area contributed by atoms with Gasteiger partial charge in [-0.15, -0.1) is 0 Å². The molecule has 3 rings (SSSR count). The first-order valence-electron chi connectivity index (χ1n) is 12.3. The summed E-state index contributed by atoms with van der Waals surface area (Å²) in [7, 11) is -3.95. The number of nitrogens with zero attached hydrogens (tertiary/aromatic N) is 2. The predicted octanol–water partition coefficient (Wildman–Crippen LogP) is 5.69. The van der Waals surface area contributed by atoms with Crippen molar-refractivity contribution in [2.45, 2.75) is 32.4 Å². The molecule has 0 fully saturated rings. The minimum Gasteiger partial charge on any atom is -0.354 e. The van der Waals surface area contributed by atoms with Gasteiger partial charge < -0.3 is 10.2 Å². The van der Waals surface area contributed by atoms with E-state index in [4.69, 9.17) is 23.2 Å². The number of halogens is 3. The molecule has 7 nitrogen and oxygen atoms in total. The molecule has 0 aromatic heterocycles. The van der Waals surface area contributed by atoms with Gasteiger partial charge >= 0.3 is 0 Å². The Morgan fingerprint density at radius 2 is 1.62 bits per heavy atom. The third kappa shape index (κ3) is 8.70. The number of hydrogen-bond acceptors (Lipinski definition) is 4. The number of hydrogen-bond donors (Lipinski definition) is 1. The van der Waals surface area contributed by atoms with Crippen LogP contribution >= 0.6 is 39.1 Å². The van der Waals surface area contributed by atoms with Crippen LogP contribution in [0.25, 0.3) is 0 Å². The number of carbonyl (C=O) groups excluding carboxylic acids is 2. The molecule has 0 aliphatic rings. The van der Waals surface area contributed by atoms with E-state index in [1.165, 1.54) is 17.0 Å². The van der Waals surface area contributed by atoms with Crippen molar-refractivity contribution in [3.05, 3.63) is 98.4 Å². The van der Waals surface area contributed by atoms with Crippen LogP contribution in [0.2, 0.25) is 10.0 Å². The van der Waals surface area contributed by atoms with Gasteiger partial charge in [0.05, 0.1) is 22.0 Å². The minimum atomic E-state index is -3.95. The standard InChI is InChI=1S/C28H30BrCl2N3O4S/c1-3-16-32-28(36)25(17-20-8-5-4-6-9-20)33(18-21-12-14-22(29)15-13-21)26(35)19-34(39(2,37)38)24-11-7-10-23(30)27(24)31/h4-15,25H,3,16-19H2,1-2H3,(H,32,36). The highest BCUT2D eigenvalue weighted by Gasteiger charge is 2.33. The number of amides is 2. The van der Waals surface area contributed by atoms with Crippen molar-refractivity contribution in [1.82, 2.24) is 10.2 Å². The zero-order chi connectivity index (χ0) is 28.6. The highest BCUT2D eigenvalue weighted by atomic mass is 79.9. The Kier molecular flexibility index (Phi) is 11.2. The van der Waals surface area contributed by atoms with Crippen molar-refractivity contribution in [3.63, 3.8) is 0 Å². The van der Waals surface area contributed by atoms with Gasteiger partial charge in [0, 0.05) is 24.0 Å². The monoisotopic (exact) mass is 653 g/mol. The zero-order valence-corrected chi connectivity index (χ0v) is 25.5. The molecule has 3 aromatic carbocycles. The molecule has 0 aliphatic carbocycles. The fourth-order valence-corrected chi connectivity index (χ4v) is 5.55.